The van der Waals surface area contributed by atoms with Crippen molar-refractivity contribution in [2.75, 3.05) is 19.5 Å². The second kappa shape index (κ2) is 5.72. The molecule has 2 aromatic rings. The minimum Gasteiger partial charge on any atom is -0.497 e. The van der Waals surface area contributed by atoms with Crippen molar-refractivity contribution in [1.82, 2.24) is 0 Å². The quantitative estimate of drug-likeness (QED) is 0.882. The summed E-state index contributed by atoms with van der Waals surface area (Å²) in [5.41, 5.74) is 0.707. The summed E-state index contributed by atoms with van der Waals surface area (Å²) in [6, 6.07) is 7.32. The summed E-state index contributed by atoms with van der Waals surface area (Å²) in [6.45, 7) is 0. The number of carbonyl (C=O) groups is 1. The van der Waals surface area contributed by atoms with Crippen LogP contribution >= 0.6 is 0 Å². The van der Waals surface area contributed by atoms with Crippen molar-refractivity contribution >= 4 is 23.2 Å². The fourth-order valence-electron chi connectivity index (χ4n) is 2.47. The SMILES string of the molecule is COc1ccc(OC)c(C=C2C(=O)Nc3ccc(F)c(F)c32)c1. The van der Waals surface area contributed by atoms with Crippen LogP contribution in [0.15, 0.2) is 30.3 Å². The van der Waals surface area contributed by atoms with E-state index in [2.05, 4.69) is 5.32 Å². The molecule has 2 aromatic carbocycles. The molecule has 0 aliphatic carbocycles. The monoisotopic (exact) mass is 317 g/mol. The Morgan fingerprint density at radius 2 is 1.87 bits per heavy atom. The van der Waals surface area contributed by atoms with Crippen molar-refractivity contribution in [3.05, 3.63) is 53.1 Å². The zero-order valence-corrected chi connectivity index (χ0v) is 12.4. The number of nitrogens with one attached hydrogen (secondary N) is 1. The number of methoxy groups -OCH3 is 2. The van der Waals surface area contributed by atoms with Gasteiger partial charge in [0, 0.05) is 11.1 Å². The van der Waals surface area contributed by atoms with Gasteiger partial charge in [-0.15, -0.1) is 0 Å². The third-order valence-corrected chi connectivity index (χ3v) is 3.59. The van der Waals surface area contributed by atoms with Crippen LogP contribution < -0.4 is 14.8 Å². The highest BCUT2D eigenvalue weighted by Crippen LogP contribution is 2.37. The lowest BCUT2D eigenvalue weighted by molar-refractivity contribution is -0.110. The Bertz CT molecular complexity index is 831. The Morgan fingerprint density at radius 1 is 1.09 bits per heavy atom. The molecule has 0 unspecified atom stereocenters. The van der Waals surface area contributed by atoms with Gasteiger partial charge in [0.1, 0.15) is 11.5 Å². The molecule has 0 fully saturated rings. The van der Waals surface area contributed by atoms with Crippen LogP contribution in [0, 0.1) is 11.6 Å². The van der Waals surface area contributed by atoms with Crippen LogP contribution in [0.1, 0.15) is 11.1 Å². The van der Waals surface area contributed by atoms with Crippen LogP contribution in [0.3, 0.4) is 0 Å². The van der Waals surface area contributed by atoms with Crippen molar-refractivity contribution in [3.63, 3.8) is 0 Å². The van der Waals surface area contributed by atoms with Gasteiger partial charge in [-0.3, -0.25) is 4.79 Å². The molecule has 1 aliphatic heterocycles. The molecule has 4 nitrogen and oxygen atoms in total. The minimum absolute atomic E-state index is 0.0311. The Hall–Kier alpha value is -2.89. The zero-order chi connectivity index (χ0) is 16.6. The van der Waals surface area contributed by atoms with E-state index in [1.807, 2.05) is 0 Å². The molecule has 0 saturated heterocycles. The predicted octanol–water partition coefficient (Wildman–Crippen LogP) is 3.47. The maximum atomic E-state index is 14.1. The molecule has 0 atom stereocenters. The lowest BCUT2D eigenvalue weighted by atomic mass is 10.0. The number of halogens is 2. The summed E-state index contributed by atoms with van der Waals surface area (Å²) in [4.78, 5) is 12.1. The van der Waals surface area contributed by atoms with E-state index in [9.17, 15) is 13.6 Å². The number of rotatable bonds is 3. The van der Waals surface area contributed by atoms with E-state index in [0.29, 0.717) is 17.1 Å². The smallest absolute Gasteiger partial charge is 0.256 e. The van der Waals surface area contributed by atoms with E-state index in [4.69, 9.17) is 9.47 Å². The fourth-order valence-corrected chi connectivity index (χ4v) is 2.47. The Labute approximate surface area is 131 Å². The number of fused-ring (bicyclic) bond motifs is 1. The van der Waals surface area contributed by atoms with Gasteiger partial charge in [0.25, 0.3) is 5.91 Å². The molecule has 23 heavy (non-hydrogen) atoms. The van der Waals surface area contributed by atoms with E-state index in [1.54, 1.807) is 18.2 Å². The number of carbonyl (C=O) groups excluding carboxylic acids is 1. The highest BCUT2D eigenvalue weighted by molar-refractivity contribution is 6.35. The summed E-state index contributed by atoms with van der Waals surface area (Å²) in [5.74, 6) is -1.54. The van der Waals surface area contributed by atoms with Gasteiger partial charge < -0.3 is 14.8 Å². The first-order valence-corrected chi connectivity index (χ1v) is 6.78. The number of hydrogen-bond acceptors (Lipinski definition) is 3. The van der Waals surface area contributed by atoms with Crippen LogP contribution in [0.2, 0.25) is 0 Å². The number of ether oxygens (including phenoxy) is 2. The average molecular weight is 317 g/mol. The largest absolute Gasteiger partial charge is 0.497 e. The van der Waals surface area contributed by atoms with Gasteiger partial charge in [-0.05, 0) is 36.4 Å². The van der Waals surface area contributed by atoms with E-state index in [0.717, 1.165) is 6.07 Å². The van der Waals surface area contributed by atoms with E-state index in [-0.39, 0.29) is 16.8 Å². The lowest BCUT2D eigenvalue weighted by Crippen LogP contribution is -2.03. The summed E-state index contributed by atoms with van der Waals surface area (Å²) in [7, 11) is 2.98. The Balaban J connectivity index is 2.19. The molecule has 1 N–H and O–H groups in total. The van der Waals surface area contributed by atoms with Gasteiger partial charge >= 0.3 is 0 Å². The van der Waals surface area contributed by atoms with Gasteiger partial charge in [0.05, 0.1) is 25.5 Å². The van der Waals surface area contributed by atoms with Gasteiger partial charge in [-0.2, -0.15) is 0 Å². The molecule has 3 rings (SSSR count). The minimum atomic E-state index is -1.06. The molecular weight excluding hydrogens is 304 g/mol. The Morgan fingerprint density at radius 3 is 2.57 bits per heavy atom. The van der Waals surface area contributed by atoms with Crippen LogP contribution in [0.25, 0.3) is 11.6 Å². The van der Waals surface area contributed by atoms with Crippen LogP contribution in [-0.2, 0) is 4.79 Å². The number of hydrogen-bond donors (Lipinski definition) is 1. The zero-order valence-electron chi connectivity index (χ0n) is 12.4. The topological polar surface area (TPSA) is 47.6 Å². The Kier molecular flexibility index (Phi) is 3.73. The van der Waals surface area contributed by atoms with Gasteiger partial charge in [-0.25, -0.2) is 8.78 Å². The highest BCUT2D eigenvalue weighted by Gasteiger charge is 2.29. The number of anilines is 1. The molecule has 1 heterocycles. The van der Waals surface area contributed by atoms with Crippen molar-refractivity contribution in [1.29, 1.82) is 0 Å². The van der Waals surface area contributed by atoms with Crippen molar-refractivity contribution in [2.24, 2.45) is 0 Å². The molecule has 1 aliphatic rings. The van der Waals surface area contributed by atoms with Crippen LogP contribution in [0.4, 0.5) is 14.5 Å². The van der Waals surface area contributed by atoms with E-state index < -0.39 is 17.5 Å². The van der Waals surface area contributed by atoms with Crippen LogP contribution in [-0.4, -0.2) is 20.1 Å². The van der Waals surface area contributed by atoms with E-state index in [1.165, 1.54) is 26.4 Å². The van der Waals surface area contributed by atoms with Crippen molar-refractivity contribution in [2.45, 2.75) is 0 Å². The number of amides is 1. The first-order valence-electron chi connectivity index (χ1n) is 6.78. The van der Waals surface area contributed by atoms with E-state index >= 15 is 0 Å². The highest BCUT2D eigenvalue weighted by atomic mass is 19.2. The average Bonchev–Trinajstić information content (AvgIpc) is 2.87. The molecule has 1 amide bonds. The summed E-state index contributed by atoms with van der Waals surface area (Å²) in [6.07, 6.45) is 1.45. The molecule has 6 heteroatoms. The van der Waals surface area contributed by atoms with Crippen molar-refractivity contribution in [3.8, 4) is 11.5 Å². The molecular formula is C17H13F2NO3. The summed E-state index contributed by atoms with van der Waals surface area (Å²) < 4.78 is 38.0. The third-order valence-electron chi connectivity index (χ3n) is 3.59. The first-order chi connectivity index (χ1) is 11.0. The first kappa shape index (κ1) is 15.0. The summed E-state index contributed by atoms with van der Waals surface area (Å²) >= 11 is 0. The predicted molar refractivity (Wildman–Crippen MR) is 82.4 cm³/mol. The molecule has 0 radical (unpaired) electrons. The van der Waals surface area contributed by atoms with Gasteiger partial charge in [0.2, 0.25) is 0 Å². The molecule has 118 valence electrons. The second-order valence-electron chi connectivity index (χ2n) is 4.90. The third kappa shape index (κ3) is 2.52. The number of benzene rings is 2. The van der Waals surface area contributed by atoms with Gasteiger partial charge in [0.15, 0.2) is 11.6 Å². The molecule has 0 bridgehead atoms. The van der Waals surface area contributed by atoms with Crippen molar-refractivity contribution < 1.29 is 23.0 Å². The lowest BCUT2D eigenvalue weighted by Gasteiger charge is -2.08. The van der Waals surface area contributed by atoms with Gasteiger partial charge in [-0.1, -0.05) is 0 Å². The standard InChI is InChI=1S/C17H13F2NO3/c1-22-10-3-6-14(23-2)9(7-10)8-11-15-13(20-17(11)21)5-4-12(18)16(15)19/h3-8H,1-2H3,(H,20,21). The van der Waals surface area contributed by atoms with Crippen LogP contribution in [0.5, 0.6) is 11.5 Å². The molecule has 0 aromatic heterocycles. The molecule has 0 spiro atoms. The second-order valence-corrected chi connectivity index (χ2v) is 4.90. The summed E-state index contributed by atoms with van der Waals surface area (Å²) in [5, 5.41) is 2.52. The normalized spacial score (nSPS) is 14.6. The molecule has 0 saturated carbocycles. The maximum absolute atomic E-state index is 14.1. The fraction of sp³-hybridized carbons (Fsp3) is 0.118. The maximum Gasteiger partial charge on any atom is 0.256 e.